The molecule has 1 N–H and O–H groups in total. The average molecular weight is 347 g/mol. The molecule has 1 aromatic heterocycles. The topological polar surface area (TPSA) is 51.1 Å². The van der Waals surface area contributed by atoms with Crippen LogP contribution in [0.1, 0.15) is 18.5 Å². The fraction of sp³-hybridized carbons (Fsp3) is 0.176. The molecule has 3 aromatic rings. The SMILES string of the molecule is Cc1c(Cl)cccc1NC(=O)C(C)n1sc2ccccc2c1=O. The average Bonchev–Trinajstić information content (AvgIpc) is 2.88. The smallest absolute Gasteiger partial charge is 0.269 e. The number of carbonyl (C=O) groups is 1. The maximum atomic E-state index is 12.5. The molecule has 6 heteroatoms. The van der Waals surface area contributed by atoms with Crippen LogP contribution in [0.4, 0.5) is 5.69 Å². The van der Waals surface area contributed by atoms with Crippen molar-refractivity contribution >= 4 is 44.8 Å². The quantitative estimate of drug-likeness (QED) is 0.771. The van der Waals surface area contributed by atoms with Crippen LogP contribution in [-0.2, 0) is 4.79 Å². The fourth-order valence-electron chi connectivity index (χ4n) is 2.33. The van der Waals surface area contributed by atoms with Crippen LogP contribution in [0, 0.1) is 6.92 Å². The lowest BCUT2D eigenvalue weighted by Gasteiger charge is -2.14. The highest BCUT2D eigenvalue weighted by atomic mass is 35.5. The van der Waals surface area contributed by atoms with Gasteiger partial charge in [0.05, 0.1) is 10.1 Å². The van der Waals surface area contributed by atoms with E-state index in [0.717, 1.165) is 10.3 Å². The molecule has 0 fully saturated rings. The number of hydrogen-bond acceptors (Lipinski definition) is 3. The number of fused-ring (bicyclic) bond motifs is 1. The highest BCUT2D eigenvalue weighted by molar-refractivity contribution is 7.14. The van der Waals surface area contributed by atoms with Gasteiger partial charge in [-0.05, 0) is 43.7 Å². The van der Waals surface area contributed by atoms with Crippen molar-refractivity contribution in [2.75, 3.05) is 5.32 Å². The number of hydrogen-bond donors (Lipinski definition) is 1. The third kappa shape index (κ3) is 2.90. The maximum Gasteiger partial charge on any atom is 0.269 e. The van der Waals surface area contributed by atoms with Crippen LogP contribution < -0.4 is 10.9 Å². The number of nitrogens with one attached hydrogen (secondary N) is 1. The van der Waals surface area contributed by atoms with Gasteiger partial charge >= 0.3 is 0 Å². The summed E-state index contributed by atoms with van der Waals surface area (Å²) in [7, 11) is 0. The first-order chi connectivity index (χ1) is 11.0. The van der Waals surface area contributed by atoms with Crippen LogP contribution in [0.2, 0.25) is 5.02 Å². The summed E-state index contributed by atoms with van der Waals surface area (Å²) >= 11 is 7.36. The van der Waals surface area contributed by atoms with Gasteiger partial charge in [0.15, 0.2) is 0 Å². The summed E-state index contributed by atoms with van der Waals surface area (Å²) < 4.78 is 2.37. The lowest BCUT2D eigenvalue weighted by Crippen LogP contribution is -2.28. The third-order valence-corrected chi connectivity index (χ3v) is 5.41. The zero-order valence-corrected chi connectivity index (χ0v) is 14.2. The monoisotopic (exact) mass is 346 g/mol. The van der Waals surface area contributed by atoms with Gasteiger partial charge in [-0.15, -0.1) is 0 Å². The molecule has 3 rings (SSSR count). The van der Waals surface area contributed by atoms with Crippen LogP contribution in [0.25, 0.3) is 10.1 Å². The Morgan fingerprint density at radius 3 is 2.70 bits per heavy atom. The van der Waals surface area contributed by atoms with Gasteiger partial charge in [-0.25, -0.2) is 0 Å². The number of aromatic nitrogens is 1. The normalized spacial score (nSPS) is 12.3. The largest absolute Gasteiger partial charge is 0.324 e. The number of anilines is 1. The first-order valence-electron chi connectivity index (χ1n) is 7.15. The predicted octanol–water partition coefficient (Wildman–Crippen LogP) is 4.22. The highest BCUT2D eigenvalue weighted by Crippen LogP contribution is 2.25. The van der Waals surface area contributed by atoms with Crippen molar-refractivity contribution < 1.29 is 4.79 Å². The van der Waals surface area contributed by atoms with Crippen molar-refractivity contribution in [3.63, 3.8) is 0 Å². The lowest BCUT2D eigenvalue weighted by molar-refractivity contribution is -0.118. The summed E-state index contributed by atoms with van der Waals surface area (Å²) in [6.45, 7) is 3.56. The van der Waals surface area contributed by atoms with E-state index in [1.165, 1.54) is 15.5 Å². The second kappa shape index (κ2) is 6.18. The summed E-state index contributed by atoms with van der Waals surface area (Å²) in [6, 6.07) is 12.1. The molecule has 1 heterocycles. The van der Waals surface area contributed by atoms with Crippen molar-refractivity contribution in [1.29, 1.82) is 0 Å². The molecule has 0 spiro atoms. The Morgan fingerprint density at radius 1 is 1.22 bits per heavy atom. The molecule has 2 aromatic carbocycles. The first kappa shape index (κ1) is 15.8. The van der Waals surface area contributed by atoms with Gasteiger partial charge in [-0.3, -0.25) is 13.5 Å². The number of nitrogens with zero attached hydrogens (tertiary/aromatic N) is 1. The molecular formula is C17H15ClN2O2S. The van der Waals surface area contributed by atoms with E-state index in [1.807, 2.05) is 25.1 Å². The summed E-state index contributed by atoms with van der Waals surface area (Å²) in [5.74, 6) is -0.246. The van der Waals surface area contributed by atoms with E-state index in [4.69, 9.17) is 11.6 Å². The summed E-state index contributed by atoms with van der Waals surface area (Å²) in [5.41, 5.74) is 1.32. The molecule has 118 valence electrons. The predicted molar refractivity (Wildman–Crippen MR) is 95.6 cm³/mol. The van der Waals surface area contributed by atoms with Gasteiger partial charge in [-0.2, -0.15) is 0 Å². The number of benzene rings is 2. The Balaban J connectivity index is 1.91. The molecule has 0 aliphatic carbocycles. The maximum absolute atomic E-state index is 12.5. The Bertz CT molecular complexity index is 945. The fourth-order valence-corrected chi connectivity index (χ4v) is 3.55. The molecule has 0 saturated carbocycles. The van der Waals surface area contributed by atoms with E-state index >= 15 is 0 Å². The van der Waals surface area contributed by atoms with Crippen molar-refractivity contribution in [2.24, 2.45) is 0 Å². The summed E-state index contributed by atoms with van der Waals surface area (Å²) in [4.78, 5) is 24.9. The Labute approximate surface area is 142 Å². The van der Waals surface area contributed by atoms with E-state index < -0.39 is 6.04 Å². The minimum atomic E-state index is -0.599. The van der Waals surface area contributed by atoms with Crippen molar-refractivity contribution in [1.82, 2.24) is 3.96 Å². The van der Waals surface area contributed by atoms with Crippen LogP contribution in [0.5, 0.6) is 0 Å². The molecule has 0 aliphatic heterocycles. The molecular weight excluding hydrogens is 332 g/mol. The Hall–Kier alpha value is -2.11. The van der Waals surface area contributed by atoms with Crippen molar-refractivity contribution in [2.45, 2.75) is 19.9 Å². The molecule has 0 bridgehead atoms. The van der Waals surface area contributed by atoms with Crippen LogP contribution in [0.15, 0.2) is 47.3 Å². The number of carbonyl (C=O) groups excluding carboxylic acids is 1. The van der Waals surface area contributed by atoms with Crippen LogP contribution in [0.3, 0.4) is 0 Å². The molecule has 0 saturated heterocycles. The summed E-state index contributed by atoms with van der Waals surface area (Å²) in [5, 5.41) is 4.07. The number of rotatable bonds is 3. The molecule has 0 aliphatic rings. The van der Waals surface area contributed by atoms with Gasteiger partial charge in [0, 0.05) is 10.7 Å². The van der Waals surface area contributed by atoms with Gasteiger partial charge < -0.3 is 5.32 Å². The molecule has 0 radical (unpaired) electrons. The van der Waals surface area contributed by atoms with Gasteiger partial charge in [0.1, 0.15) is 6.04 Å². The van der Waals surface area contributed by atoms with Crippen molar-refractivity contribution in [3.05, 3.63) is 63.4 Å². The van der Waals surface area contributed by atoms with Gasteiger partial charge in [0.2, 0.25) is 5.91 Å². The second-order valence-corrected chi connectivity index (χ2v) is 6.72. The van der Waals surface area contributed by atoms with E-state index in [1.54, 1.807) is 31.2 Å². The zero-order chi connectivity index (χ0) is 16.6. The van der Waals surface area contributed by atoms with Crippen molar-refractivity contribution in [3.8, 4) is 0 Å². The molecule has 1 amide bonds. The zero-order valence-electron chi connectivity index (χ0n) is 12.7. The Kier molecular flexibility index (Phi) is 4.24. The lowest BCUT2D eigenvalue weighted by atomic mass is 10.2. The van der Waals surface area contributed by atoms with Gasteiger partial charge in [0.25, 0.3) is 5.56 Å². The third-order valence-electron chi connectivity index (χ3n) is 3.77. The van der Waals surface area contributed by atoms with Gasteiger partial charge in [-0.1, -0.05) is 41.3 Å². The summed E-state index contributed by atoms with van der Waals surface area (Å²) in [6.07, 6.45) is 0. The van der Waals surface area contributed by atoms with Crippen LogP contribution >= 0.6 is 23.1 Å². The highest BCUT2D eigenvalue weighted by Gasteiger charge is 2.20. The standard InChI is InChI=1S/C17H15ClN2O2S/c1-10-13(18)7-5-8-14(10)19-16(21)11(2)20-17(22)12-6-3-4-9-15(12)23-20/h3-9,11H,1-2H3,(H,19,21). The molecule has 4 nitrogen and oxygen atoms in total. The number of halogens is 1. The molecule has 1 unspecified atom stereocenters. The minimum absolute atomic E-state index is 0.143. The van der Waals surface area contributed by atoms with E-state index in [0.29, 0.717) is 16.1 Å². The molecule has 23 heavy (non-hydrogen) atoms. The minimum Gasteiger partial charge on any atom is -0.324 e. The Morgan fingerprint density at radius 2 is 1.96 bits per heavy atom. The number of amides is 1. The van der Waals surface area contributed by atoms with E-state index in [9.17, 15) is 9.59 Å². The second-order valence-electron chi connectivity index (χ2n) is 5.30. The van der Waals surface area contributed by atoms with Crippen LogP contribution in [-0.4, -0.2) is 9.86 Å². The van der Waals surface area contributed by atoms with E-state index in [2.05, 4.69) is 5.32 Å². The molecule has 1 atom stereocenters. The first-order valence-corrected chi connectivity index (χ1v) is 8.30. The van der Waals surface area contributed by atoms with E-state index in [-0.39, 0.29) is 11.5 Å².